The summed E-state index contributed by atoms with van der Waals surface area (Å²) in [6.07, 6.45) is 0. The second kappa shape index (κ2) is 9.06. The molecule has 0 aliphatic rings. The third-order valence-electron chi connectivity index (χ3n) is 9.91. The molecule has 47 heavy (non-hydrogen) atoms. The number of hydrogen-bond acceptors (Lipinski definition) is 3. The van der Waals surface area contributed by atoms with Gasteiger partial charge in [-0.05, 0) is 76.9 Å². The average Bonchev–Trinajstić information content (AvgIpc) is 3.77. The highest BCUT2D eigenvalue weighted by molar-refractivity contribution is 7.26. The molecule has 3 nitrogen and oxygen atoms in total. The Kier molecular flexibility index (Phi) is 4.87. The topological polar surface area (TPSA) is 34.6 Å². The SMILES string of the molecule is O=c1c2ccccc2oc2cc3c(cc12)sc1c(-c2cccc(-c4cc5c6ccccc6n6c7ccccc7c(c4)c56)c2)cccc13. The summed E-state index contributed by atoms with van der Waals surface area (Å²) in [5, 5.41) is 8.63. The maximum Gasteiger partial charge on any atom is 0.200 e. The van der Waals surface area contributed by atoms with Gasteiger partial charge in [0.05, 0.1) is 27.3 Å². The molecule has 0 saturated carbocycles. The monoisotopic (exact) mass is 617 g/mol. The highest BCUT2D eigenvalue weighted by Crippen LogP contribution is 2.44. The molecule has 0 aliphatic heterocycles. The van der Waals surface area contributed by atoms with Crippen LogP contribution < -0.4 is 5.43 Å². The predicted molar refractivity (Wildman–Crippen MR) is 198 cm³/mol. The Balaban J connectivity index is 1.13. The van der Waals surface area contributed by atoms with Crippen LogP contribution in [0.15, 0.2) is 149 Å². The number of nitrogens with zero attached hydrogens (tertiary/aromatic N) is 1. The summed E-state index contributed by atoms with van der Waals surface area (Å²) in [4.78, 5) is 13.4. The van der Waals surface area contributed by atoms with Gasteiger partial charge in [-0.25, -0.2) is 0 Å². The second-order valence-electron chi connectivity index (χ2n) is 12.4. The maximum atomic E-state index is 13.4. The highest BCUT2D eigenvalue weighted by atomic mass is 32.1. The Morgan fingerprint density at radius 2 is 1.13 bits per heavy atom. The van der Waals surface area contributed by atoms with Crippen LogP contribution >= 0.6 is 11.3 Å². The van der Waals surface area contributed by atoms with Crippen LogP contribution in [0.3, 0.4) is 0 Å². The Bertz CT molecular complexity index is 3080. The summed E-state index contributed by atoms with van der Waals surface area (Å²) in [7, 11) is 0. The van der Waals surface area contributed by atoms with Gasteiger partial charge >= 0.3 is 0 Å². The fourth-order valence-electron chi connectivity index (χ4n) is 7.80. The van der Waals surface area contributed by atoms with E-state index in [1.165, 1.54) is 70.4 Å². The fraction of sp³-hybridized carbons (Fsp3) is 0. The van der Waals surface area contributed by atoms with Crippen LogP contribution in [0, 0.1) is 0 Å². The number of rotatable bonds is 2. The number of aromatic nitrogens is 1. The minimum atomic E-state index is 0.0140. The van der Waals surface area contributed by atoms with Gasteiger partial charge in [0.15, 0.2) is 0 Å². The standard InChI is InChI=1S/C43H23NO2S/c45-42-31-13-3-6-18-38(31)46-39-22-32-30-15-8-14-27(43(30)47-40(32)23-35(39)42)25-10-7-9-24(19-25)26-20-33-28-11-1-4-16-36(28)44-37-17-5-2-12-29(37)34(21-26)41(33)44/h1-23H. The molecule has 0 N–H and O–H groups in total. The van der Waals surface area contributed by atoms with Crippen molar-refractivity contribution < 1.29 is 4.42 Å². The first-order valence-corrected chi connectivity index (χ1v) is 16.6. The van der Waals surface area contributed by atoms with E-state index in [2.05, 4.69) is 108 Å². The largest absolute Gasteiger partial charge is 0.456 e. The number of benzene rings is 7. The lowest BCUT2D eigenvalue weighted by atomic mass is 9.95. The normalized spacial score (nSPS) is 12.3. The molecule has 0 aliphatic carbocycles. The molecular weight excluding hydrogens is 595 g/mol. The van der Waals surface area contributed by atoms with Gasteiger partial charge in [-0.15, -0.1) is 11.3 Å². The molecule has 0 spiro atoms. The van der Waals surface area contributed by atoms with Crippen molar-refractivity contribution in [2.75, 3.05) is 0 Å². The van der Waals surface area contributed by atoms with E-state index < -0.39 is 0 Å². The number of hydrogen-bond donors (Lipinski definition) is 0. The molecule has 4 heterocycles. The average molecular weight is 618 g/mol. The zero-order chi connectivity index (χ0) is 30.8. The molecule has 0 fully saturated rings. The molecule has 0 radical (unpaired) electrons. The van der Waals surface area contributed by atoms with Gasteiger partial charge in [0, 0.05) is 41.7 Å². The van der Waals surface area contributed by atoms with Gasteiger partial charge < -0.3 is 8.82 Å². The van der Waals surface area contributed by atoms with Crippen LogP contribution in [0.5, 0.6) is 0 Å². The lowest BCUT2D eigenvalue weighted by Crippen LogP contribution is -2.01. The zero-order valence-electron chi connectivity index (χ0n) is 25.0. The number of fused-ring (bicyclic) bond motifs is 11. The van der Waals surface area contributed by atoms with E-state index in [0.717, 1.165) is 10.1 Å². The predicted octanol–water partition coefficient (Wildman–Crippen LogP) is 11.8. The quantitative estimate of drug-likeness (QED) is 0.181. The molecule has 0 bridgehead atoms. The number of para-hydroxylation sites is 3. The van der Waals surface area contributed by atoms with E-state index in [9.17, 15) is 4.79 Å². The van der Waals surface area contributed by atoms with Crippen molar-refractivity contribution in [3.63, 3.8) is 0 Å². The molecule has 7 aromatic carbocycles. The first kappa shape index (κ1) is 25.2. The fourth-order valence-corrected chi connectivity index (χ4v) is 9.06. The summed E-state index contributed by atoms with van der Waals surface area (Å²) in [5.74, 6) is 0. The van der Waals surface area contributed by atoms with Gasteiger partial charge in [-0.1, -0.05) is 84.9 Å². The van der Waals surface area contributed by atoms with Gasteiger partial charge in [0.25, 0.3) is 0 Å². The molecule has 0 saturated heterocycles. The summed E-state index contributed by atoms with van der Waals surface area (Å²) < 4.78 is 10.9. The molecule has 0 unspecified atom stereocenters. The van der Waals surface area contributed by atoms with E-state index in [1.54, 1.807) is 11.3 Å². The maximum absolute atomic E-state index is 13.4. The van der Waals surface area contributed by atoms with Crippen molar-refractivity contribution in [2.45, 2.75) is 0 Å². The molecule has 4 heteroatoms. The van der Waals surface area contributed by atoms with E-state index in [1.807, 2.05) is 36.4 Å². The first-order valence-electron chi connectivity index (χ1n) is 15.8. The summed E-state index contributed by atoms with van der Waals surface area (Å²) in [5.41, 5.74) is 9.78. The van der Waals surface area contributed by atoms with Crippen molar-refractivity contribution >= 4 is 91.5 Å². The van der Waals surface area contributed by atoms with Crippen molar-refractivity contribution in [3.8, 4) is 22.3 Å². The van der Waals surface area contributed by atoms with Crippen LogP contribution in [-0.4, -0.2) is 4.40 Å². The summed E-state index contributed by atoms with van der Waals surface area (Å²) in [6.45, 7) is 0. The van der Waals surface area contributed by atoms with Gasteiger partial charge in [-0.3, -0.25) is 4.79 Å². The molecule has 4 aromatic heterocycles. The highest BCUT2D eigenvalue weighted by Gasteiger charge is 2.19. The minimum absolute atomic E-state index is 0.0140. The lowest BCUT2D eigenvalue weighted by Gasteiger charge is -2.09. The van der Waals surface area contributed by atoms with E-state index >= 15 is 0 Å². The molecule has 11 rings (SSSR count). The van der Waals surface area contributed by atoms with Crippen molar-refractivity contribution in [3.05, 3.63) is 150 Å². The Morgan fingerprint density at radius 3 is 1.91 bits per heavy atom. The van der Waals surface area contributed by atoms with Gasteiger partial charge in [0.2, 0.25) is 5.43 Å². The van der Waals surface area contributed by atoms with Crippen LogP contribution in [0.4, 0.5) is 0 Å². The van der Waals surface area contributed by atoms with Crippen LogP contribution in [0.25, 0.3) is 102 Å². The van der Waals surface area contributed by atoms with E-state index in [0.29, 0.717) is 21.9 Å². The van der Waals surface area contributed by atoms with Gasteiger partial charge in [0.1, 0.15) is 11.2 Å². The summed E-state index contributed by atoms with van der Waals surface area (Å²) in [6, 6.07) is 49.2. The smallest absolute Gasteiger partial charge is 0.200 e. The molecular formula is C43H23NO2S. The molecule has 218 valence electrons. The Morgan fingerprint density at radius 1 is 0.468 bits per heavy atom. The van der Waals surface area contributed by atoms with E-state index in [4.69, 9.17) is 4.42 Å². The second-order valence-corrected chi connectivity index (χ2v) is 13.5. The van der Waals surface area contributed by atoms with Crippen LogP contribution in [0.1, 0.15) is 0 Å². The molecule has 0 atom stereocenters. The van der Waals surface area contributed by atoms with Gasteiger partial charge in [-0.2, -0.15) is 0 Å². The first-order chi connectivity index (χ1) is 23.2. The third kappa shape index (κ3) is 3.37. The molecule has 11 aromatic rings. The van der Waals surface area contributed by atoms with Crippen molar-refractivity contribution in [1.29, 1.82) is 0 Å². The Labute approximate surface area is 271 Å². The van der Waals surface area contributed by atoms with Crippen LogP contribution in [-0.2, 0) is 0 Å². The summed E-state index contributed by atoms with van der Waals surface area (Å²) >= 11 is 1.74. The Hall–Kier alpha value is -5.97. The van der Waals surface area contributed by atoms with E-state index in [-0.39, 0.29) is 5.43 Å². The zero-order valence-corrected chi connectivity index (χ0v) is 25.8. The third-order valence-corrected chi connectivity index (χ3v) is 11.1. The molecule has 0 amide bonds. The van der Waals surface area contributed by atoms with Crippen LogP contribution in [0.2, 0.25) is 0 Å². The van der Waals surface area contributed by atoms with Crippen molar-refractivity contribution in [2.24, 2.45) is 0 Å². The van der Waals surface area contributed by atoms with Crippen molar-refractivity contribution in [1.82, 2.24) is 4.40 Å². The minimum Gasteiger partial charge on any atom is -0.456 e. The lowest BCUT2D eigenvalue weighted by molar-refractivity contribution is 0.660. The number of thiophene rings is 1.